The lowest BCUT2D eigenvalue weighted by molar-refractivity contribution is -0.173. The molecular weight excluding hydrogens is 473 g/mol. The summed E-state index contributed by atoms with van der Waals surface area (Å²) in [5.74, 6) is 0.436. The van der Waals surface area contributed by atoms with Crippen LogP contribution in [-0.2, 0) is 6.54 Å². The number of thiophene rings is 1. The van der Waals surface area contributed by atoms with E-state index in [1.807, 2.05) is 17.5 Å². The largest absolute Gasteiger partial charge is 0.493 e. The van der Waals surface area contributed by atoms with Gasteiger partial charge in [0.2, 0.25) is 5.75 Å². The van der Waals surface area contributed by atoms with E-state index in [1.54, 1.807) is 12.1 Å². The summed E-state index contributed by atoms with van der Waals surface area (Å²) in [4.78, 5) is 13.7. The lowest BCUT2D eigenvalue weighted by atomic mass is 9.95. The third-order valence-corrected chi connectivity index (χ3v) is 6.45. The number of amides is 1. The van der Waals surface area contributed by atoms with E-state index in [4.69, 9.17) is 14.2 Å². The zero-order chi connectivity index (χ0) is 24.5. The van der Waals surface area contributed by atoms with E-state index in [1.165, 1.54) is 32.7 Å². The van der Waals surface area contributed by atoms with Gasteiger partial charge >= 0.3 is 6.18 Å². The Labute approximate surface area is 197 Å². The Kier molecular flexibility index (Phi) is 6.60. The molecule has 2 aromatic heterocycles. The van der Waals surface area contributed by atoms with Crippen LogP contribution in [0.15, 0.2) is 35.8 Å². The van der Waals surface area contributed by atoms with E-state index >= 15 is 0 Å². The quantitative estimate of drug-likeness (QED) is 0.499. The molecule has 0 unspecified atom stereocenters. The highest BCUT2D eigenvalue weighted by Gasteiger charge is 2.47. The maximum Gasteiger partial charge on any atom is 0.410 e. The van der Waals surface area contributed by atoms with Crippen molar-refractivity contribution < 1.29 is 32.2 Å². The summed E-state index contributed by atoms with van der Waals surface area (Å²) in [6.07, 6.45) is -3.76. The molecule has 1 aliphatic rings. The minimum Gasteiger partial charge on any atom is -0.493 e. The molecule has 1 aromatic carbocycles. The van der Waals surface area contributed by atoms with Crippen molar-refractivity contribution in [2.75, 3.05) is 26.6 Å². The van der Waals surface area contributed by atoms with Crippen LogP contribution >= 0.6 is 11.3 Å². The van der Waals surface area contributed by atoms with Gasteiger partial charge in [0, 0.05) is 11.3 Å². The summed E-state index contributed by atoms with van der Waals surface area (Å²) in [7, 11) is 4.30. The zero-order valence-electron chi connectivity index (χ0n) is 18.6. The number of benzene rings is 1. The first-order valence-electron chi connectivity index (χ1n) is 10.3. The van der Waals surface area contributed by atoms with Crippen molar-refractivity contribution in [1.29, 1.82) is 0 Å². The lowest BCUT2D eigenvalue weighted by Crippen LogP contribution is -2.36. The molecule has 3 heterocycles. The van der Waals surface area contributed by atoms with E-state index in [0.717, 1.165) is 15.8 Å². The number of carbonyl (C=O) groups excluding carboxylic acids is 1. The van der Waals surface area contributed by atoms with E-state index < -0.39 is 24.2 Å². The summed E-state index contributed by atoms with van der Waals surface area (Å²) in [6.45, 7) is 0.264. The highest BCUT2D eigenvalue weighted by atomic mass is 32.1. The minimum atomic E-state index is -4.58. The van der Waals surface area contributed by atoms with Crippen molar-refractivity contribution in [3.05, 3.63) is 51.8 Å². The predicted octanol–water partition coefficient (Wildman–Crippen LogP) is 4.56. The van der Waals surface area contributed by atoms with Crippen LogP contribution in [-0.4, -0.2) is 43.2 Å². The molecule has 0 fully saturated rings. The molecule has 0 radical (unpaired) electrons. The Bertz CT molecular complexity index is 1140. The number of rotatable bonds is 7. The van der Waals surface area contributed by atoms with Crippen LogP contribution in [0.1, 0.15) is 39.3 Å². The molecule has 2 atom stereocenters. The smallest absolute Gasteiger partial charge is 0.410 e. The lowest BCUT2D eigenvalue weighted by Gasteiger charge is -2.34. The first-order valence-corrected chi connectivity index (χ1v) is 11.2. The molecule has 0 aliphatic carbocycles. The van der Waals surface area contributed by atoms with Crippen molar-refractivity contribution in [3.8, 4) is 17.2 Å². The monoisotopic (exact) mass is 496 g/mol. The SMILES string of the molecule is COc1cc([C@@H]2C[C@@H](C(F)(F)F)n3ncc(C(=O)NCc4cccs4)c3N2)cc(OC)c1OC. The van der Waals surface area contributed by atoms with Gasteiger partial charge in [-0.15, -0.1) is 11.3 Å². The molecule has 12 heteroatoms. The standard InChI is InChI=1S/C22H23F3N4O4S/c1-31-16-7-12(8-17(32-2)19(16)33-3)15-9-18(22(23,24)25)29-20(28-15)14(11-27-29)21(30)26-10-13-5-4-6-34-13/h4-8,11,15,18,28H,9-10H2,1-3H3,(H,26,30)/t15-,18-/m0/s1. The third kappa shape index (κ3) is 4.49. The van der Waals surface area contributed by atoms with Gasteiger partial charge in [-0.25, -0.2) is 4.68 Å². The predicted molar refractivity (Wildman–Crippen MR) is 120 cm³/mol. The van der Waals surface area contributed by atoms with Gasteiger partial charge < -0.3 is 24.8 Å². The fourth-order valence-electron chi connectivity index (χ4n) is 3.93. The average molecular weight is 497 g/mol. The van der Waals surface area contributed by atoms with Gasteiger partial charge in [0.05, 0.1) is 40.1 Å². The van der Waals surface area contributed by atoms with Gasteiger partial charge in [-0.05, 0) is 29.1 Å². The second-order valence-corrected chi connectivity index (χ2v) is 8.59. The molecule has 3 aromatic rings. The Balaban J connectivity index is 1.70. The molecule has 4 rings (SSSR count). The molecule has 8 nitrogen and oxygen atoms in total. The average Bonchev–Trinajstić information content (AvgIpc) is 3.50. The molecular formula is C22H23F3N4O4S. The summed E-state index contributed by atoms with van der Waals surface area (Å²) in [6, 6.07) is 4.17. The van der Waals surface area contributed by atoms with Gasteiger partial charge in [0.1, 0.15) is 11.4 Å². The van der Waals surface area contributed by atoms with Crippen LogP contribution in [0.5, 0.6) is 17.2 Å². The Morgan fingerprint density at radius 1 is 1.24 bits per heavy atom. The number of nitrogens with zero attached hydrogens (tertiary/aromatic N) is 2. The molecule has 2 N–H and O–H groups in total. The Hall–Kier alpha value is -3.41. The number of nitrogens with one attached hydrogen (secondary N) is 2. The number of alkyl halides is 3. The van der Waals surface area contributed by atoms with Gasteiger partial charge in [-0.3, -0.25) is 4.79 Å². The van der Waals surface area contributed by atoms with Crippen LogP contribution in [0, 0.1) is 0 Å². The van der Waals surface area contributed by atoms with Crippen molar-refractivity contribution in [3.63, 3.8) is 0 Å². The van der Waals surface area contributed by atoms with Gasteiger partial charge in [0.25, 0.3) is 5.91 Å². The van der Waals surface area contributed by atoms with E-state index in [0.29, 0.717) is 22.8 Å². The van der Waals surface area contributed by atoms with E-state index in [-0.39, 0.29) is 24.3 Å². The van der Waals surface area contributed by atoms with Gasteiger partial charge in [0.15, 0.2) is 17.5 Å². The number of methoxy groups -OCH3 is 3. The van der Waals surface area contributed by atoms with Crippen molar-refractivity contribution in [2.45, 2.75) is 31.2 Å². The number of ether oxygens (including phenoxy) is 3. The maximum atomic E-state index is 14.0. The number of carbonyl (C=O) groups is 1. The molecule has 1 aliphatic heterocycles. The third-order valence-electron chi connectivity index (χ3n) is 5.58. The first-order chi connectivity index (χ1) is 16.3. The molecule has 0 bridgehead atoms. The van der Waals surface area contributed by atoms with Crippen LogP contribution in [0.25, 0.3) is 0 Å². The van der Waals surface area contributed by atoms with Crippen molar-refractivity contribution >= 4 is 23.1 Å². The summed E-state index contributed by atoms with van der Waals surface area (Å²) in [5, 5.41) is 11.6. The topological polar surface area (TPSA) is 86.6 Å². The second kappa shape index (κ2) is 9.45. The maximum absolute atomic E-state index is 14.0. The molecule has 0 saturated carbocycles. The minimum absolute atomic E-state index is 0.00370. The fraction of sp³-hybridized carbons (Fsp3) is 0.364. The van der Waals surface area contributed by atoms with Crippen molar-refractivity contribution in [2.24, 2.45) is 0 Å². The van der Waals surface area contributed by atoms with E-state index in [2.05, 4.69) is 15.7 Å². The molecule has 34 heavy (non-hydrogen) atoms. The molecule has 0 saturated heterocycles. The second-order valence-electron chi connectivity index (χ2n) is 7.56. The normalized spacial score (nSPS) is 17.5. The fourth-order valence-corrected chi connectivity index (χ4v) is 4.57. The number of halogens is 3. The van der Waals surface area contributed by atoms with Crippen LogP contribution in [0.4, 0.5) is 19.0 Å². The summed E-state index contributed by atoms with van der Waals surface area (Å²) < 4.78 is 58.9. The van der Waals surface area contributed by atoms with Crippen LogP contribution < -0.4 is 24.8 Å². The summed E-state index contributed by atoms with van der Waals surface area (Å²) in [5.41, 5.74) is 0.518. The number of hydrogen-bond acceptors (Lipinski definition) is 7. The van der Waals surface area contributed by atoms with E-state index in [9.17, 15) is 18.0 Å². The molecule has 1 amide bonds. The first kappa shape index (κ1) is 23.7. The highest BCUT2D eigenvalue weighted by molar-refractivity contribution is 7.09. The van der Waals surface area contributed by atoms with Gasteiger partial charge in [-0.2, -0.15) is 18.3 Å². The molecule has 0 spiro atoms. The zero-order valence-corrected chi connectivity index (χ0v) is 19.4. The highest BCUT2D eigenvalue weighted by Crippen LogP contribution is 2.47. The summed E-state index contributed by atoms with van der Waals surface area (Å²) >= 11 is 1.47. The Morgan fingerprint density at radius 2 is 1.94 bits per heavy atom. The van der Waals surface area contributed by atoms with Gasteiger partial charge in [-0.1, -0.05) is 6.07 Å². The number of anilines is 1. The van der Waals surface area contributed by atoms with Crippen LogP contribution in [0.3, 0.4) is 0 Å². The Morgan fingerprint density at radius 3 is 2.50 bits per heavy atom. The number of aromatic nitrogens is 2. The van der Waals surface area contributed by atoms with Crippen molar-refractivity contribution in [1.82, 2.24) is 15.1 Å². The number of fused-ring (bicyclic) bond motifs is 1. The number of hydrogen-bond donors (Lipinski definition) is 2. The van der Waals surface area contributed by atoms with Crippen LogP contribution in [0.2, 0.25) is 0 Å². The molecule has 182 valence electrons.